The highest BCUT2D eigenvalue weighted by molar-refractivity contribution is 5.92. The number of amides is 1. The molecule has 1 aromatic rings. The molecule has 1 saturated heterocycles. The van der Waals surface area contributed by atoms with Gasteiger partial charge in [0.2, 0.25) is 0 Å². The lowest BCUT2D eigenvalue weighted by atomic mass is 10.1. The molecule has 0 aromatic carbocycles. The van der Waals surface area contributed by atoms with E-state index in [-0.39, 0.29) is 5.91 Å². The van der Waals surface area contributed by atoms with Crippen LogP contribution in [0.2, 0.25) is 0 Å². The highest BCUT2D eigenvalue weighted by atomic mass is 16.2. The lowest BCUT2D eigenvalue weighted by Crippen LogP contribution is -2.34. The topological polar surface area (TPSA) is 50.2 Å². The van der Waals surface area contributed by atoms with Crippen molar-refractivity contribution >= 4 is 5.91 Å². The number of aromatic nitrogens is 2. The zero-order valence-electron chi connectivity index (χ0n) is 10.5. The maximum atomic E-state index is 11.9. The summed E-state index contributed by atoms with van der Waals surface area (Å²) in [6, 6.07) is 2.15. The molecule has 5 heteroatoms. The first-order valence-electron chi connectivity index (χ1n) is 6.22. The van der Waals surface area contributed by atoms with Crippen LogP contribution in [-0.2, 0) is 0 Å². The molecule has 0 radical (unpaired) electrons. The smallest absolute Gasteiger partial charge is 0.269 e. The van der Waals surface area contributed by atoms with Crippen LogP contribution in [0.5, 0.6) is 0 Å². The van der Waals surface area contributed by atoms with E-state index in [4.69, 9.17) is 0 Å². The summed E-state index contributed by atoms with van der Waals surface area (Å²) in [6.07, 6.45) is 3.83. The Hall–Kier alpha value is -1.36. The Labute approximate surface area is 102 Å². The molecule has 5 nitrogen and oxygen atoms in total. The molecule has 0 unspecified atom stereocenters. The number of nitrogens with one attached hydrogen (secondary N) is 1. The van der Waals surface area contributed by atoms with Crippen molar-refractivity contribution in [3.05, 3.63) is 18.0 Å². The summed E-state index contributed by atoms with van der Waals surface area (Å²) in [4.78, 5) is 14.2. The SMILES string of the molecule is CCNC(=O)c1ccnn1C1CCN(C)CC1. The van der Waals surface area contributed by atoms with E-state index in [1.54, 1.807) is 12.3 Å². The van der Waals surface area contributed by atoms with E-state index in [1.807, 2.05) is 11.6 Å². The molecule has 0 saturated carbocycles. The van der Waals surface area contributed by atoms with E-state index in [0.29, 0.717) is 18.3 Å². The quantitative estimate of drug-likeness (QED) is 0.848. The number of carbonyl (C=O) groups is 1. The van der Waals surface area contributed by atoms with Crippen molar-refractivity contribution in [2.75, 3.05) is 26.7 Å². The molecule has 0 bridgehead atoms. The van der Waals surface area contributed by atoms with Crippen LogP contribution in [0.3, 0.4) is 0 Å². The molecule has 2 rings (SSSR count). The largest absolute Gasteiger partial charge is 0.351 e. The Bertz CT molecular complexity index is 380. The van der Waals surface area contributed by atoms with Crippen LogP contribution in [0.1, 0.15) is 36.3 Å². The van der Waals surface area contributed by atoms with Gasteiger partial charge in [0, 0.05) is 12.7 Å². The molecule has 0 aliphatic carbocycles. The summed E-state index contributed by atoms with van der Waals surface area (Å²) in [5.74, 6) is -0.0241. The molecule has 17 heavy (non-hydrogen) atoms. The molecule has 0 atom stereocenters. The zero-order valence-corrected chi connectivity index (χ0v) is 10.5. The Morgan fingerprint density at radius 2 is 2.24 bits per heavy atom. The van der Waals surface area contributed by atoms with Gasteiger partial charge in [-0.15, -0.1) is 0 Å². The number of carbonyl (C=O) groups excluding carboxylic acids is 1. The summed E-state index contributed by atoms with van der Waals surface area (Å²) in [7, 11) is 2.13. The first kappa shape index (κ1) is 12.1. The van der Waals surface area contributed by atoms with Gasteiger partial charge in [0.25, 0.3) is 5.91 Å². The fourth-order valence-corrected chi connectivity index (χ4v) is 2.28. The minimum Gasteiger partial charge on any atom is -0.351 e. The third-order valence-corrected chi connectivity index (χ3v) is 3.27. The number of rotatable bonds is 3. The molecule has 1 N–H and O–H groups in total. The van der Waals surface area contributed by atoms with E-state index in [9.17, 15) is 4.79 Å². The van der Waals surface area contributed by atoms with Crippen molar-refractivity contribution in [2.24, 2.45) is 0 Å². The molecular weight excluding hydrogens is 216 g/mol. The summed E-state index contributed by atoms with van der Waals surface area (Å²) in [6.45, 7) is 4.71. The van der Waals surface area contributed by atoms with Crippen molar-refractivity contribution in [1.29, 1.82) is 0 Å². The van der Waals surface area contributed by atoms with Gasteiger partial charge in [-0.25, -0.2) is 0 Å². The van der Waals surface area contributed by atoms with E-state index < -0.39 is 0 Å². The van der Waals surface area contributed by atoms with Crippen LogP contribution in [-0.4, -0.2) is 47.3 Å². The first-order valence-corrected chi connectivity index (χ1v) is 6.22. The normalized spacial score (nSPS) is 18.2. The molecule has 1 amide bonds. The summed E-state index contributed by atoms with van der Waals surface area (Å²) < 4.78 is 1.89. The fraction of sp³-hybridized carbons (Fsp3) is 0.667. The van der Waals surface area contributed by atoms with Gasteiger partial charge >= 0.3 is 0 Å². The lowest BCUT2D eigenvalue weighted by molar-refractivity contribution is 0.0937. The van der Waals surface area contributed by atoms with E-state index in [0.717, 1.165) is 25.9 Å². The van der Waals surface area contributed by atoms with E-state index in [2.05, 4.69) is 22.4 Å². The number of likely N-dealkylation sites (tertiary alicyclic amines) is 1. The second-order valence-electron chi connectivity index (χ2n) is 4.55. The maximum Gasteiger partial charge on any atom is 0.269 e. The number of nitrogens with zero attached hydrogens (tertiary/aromatic N) is 3. The molecule has 94 valence electrons. The second kappa shape index (κ2) is 5.31. The molecular formula is C12H20N4O. The molecule has 1 aromatic heterocycles. The van der Waals surface area contributed by atoms with Gasteiger partial charge < -0.3 is 10.2 Å². The van der Waals surface area contributed by atoms with Crippen LogP contribution in [0.4, 0.5) is 0 Å². The van der Waals surface area contributed by atoms with Crippen molar-refractivity contribution in [3.8, 4) is 0 Å². The minimum atomic E-state index is -0.0241. The van der Waals surface area contributed by atoms with Crippen molar-refractivity contribution < 1.29 is 4.79 Å². The van der Waals surface area contributed by atoms with Gasteiger partial charge in [-0.1, -0.05) is 0 Å². The zero-order chi connectivity index (χ0) is 12.3. The highest BCUT2D eigenvalue weighted by Gasteiger charge is 2.22. The van der Waals surface area contributed by atoms with Crippen molar-refractivity contribution in [3.63, 3.8) is 0 Å². The van der Waals surface area contributed by atoms with Gasteiger partial charge in [0.1, 0.15) is 5.69 Å². The van der Waals surface area contributed by atoms with Gasteiger partial charge in [-0.3, -0.25) is 9.48 Å². The molecule has 1 aliphatic heterocycles. The third-order valence-electron chi connectivity index (χ3n) is 3.27. The standard InChI is InChI=1S/C12H20N4O/c1-3-13-12(17)11-4-7-14-16(11)10-5-8-15(2)9-6-10/h4,7,10H,3,5-6,8-9H2,1-2H3,(H,13,17). The average molecular weight is 236 g/mol. The third kappa shape index (κ3) is 2.66. The Kier molecular flexibility index (Phi) is 3.78. The first-order chi connectivity index (χ1) is 8.22. The van der Waals surface area contributed by atoms with E-state index in [1.165, 1.54) is 0 Å². The number of hydrogen-bond acceptors (Lipinski definition) is 3. The summed E-state index contributed by atoms with van der Waals surface area (Å²) >= 11 is 0. The second-order valence-corrected chi connectivity index (χ2v) is 4.55. The van der Waals surface area contributed by atoms with Crippen LogP contribution in [0.15, 0.2) is 12.3 Å². The van der Waals surface area contributed by atoms with Crippen LogP contribution in [0, 0.1) is 0 Å². The maximum absolute atomic E-state index is 11.9. The Morgan fingerprint density at radius 1 is 1.53 bits per heavy atom. The Balaban J connectivity index is 2.10. The minimum absolute atomic E-state index is 0.0241. The number of hydrogen-bond donors (Lipinski definition) is 1. The fourth-order valence-electron chi connectivity index (χ4n) is 2.28. The van der Waals surface area contributed by atoms with Crippen LogP contribution in [0.25, 0.3) is 0 Å². The molecule has 1 aliphatic rings. The number of piperidine rings is 1. The van der Waals surface area contributed by atoms with E-state index >= 15 is 0 Å². The lowest BCUT2D eigenvalue weighted by Gasteiger charge is -2.29. The van der Waals surface area contributed by atoms with Crippen LogP contribution < -0.4 is 5.32 Å². The predicted molar refractivity (Wildman–Crippen MR) is 66.0 cm³/mol. The Morgan fingerprint density at radius 3 is 2.88 bits per heavy atom. The molecule has 1 fully saturated rings. The van der Waals surface area contributed by atoms with Crippen molar-refractivity contribution in [2.45, 2.75) is 25.8 Å². The monoisotopic (exact) mass is 236 g/mol. The van der Waals surface area contributed by atoms with Gasteiger partial charge in [-0.05, 0) is 46.0 Å². The summed E-state index contributed by atoms with van der Waals surface area (Å²) in [5.41, 5.74) is 0.682. The summed E-state index contributed by atoms with van der Waals surface area (Å²) in [5, 5.41) is 7.13. The average Bonchev–Trinajstić information content (AvgIpc) is 2.79. The van der Waals surface area contributed by atoms with Gasteiger partial charge in [-0.2, -0.15) is 5.10 Å². The van der Waals surface area contributed by atoms with Crippen molar-refractivity contribution in [1.82, 2.24) is 20.0 Å². The molecule has 2 heterocycles. The van der Waals surface area contributed by atoms with Crippen LogP contribution >= 0.6 is 0 Å². The van der Waals surface area contributed by atoms with Gasteiger partial charge in [0.05, 0.1) is 6.04 Å². The molecule has 0 spiro atoms. The predicted octanol–water partition coefficient (Wildman–Crippen LogP) is 0.899. The van der Waals surface area contributed by atoms with Gasteiger partial charge in [0.15, 0.2) is 0 Å². The highest BCUT2D eigenvalue weighted by Crippen LogP contribution is 2.22.